The van der Waals surface area contributed by atoms with Gasteiger partial charge in [-0.3, -0.25) is 0 Å². The maximum atomic E-state index is 10.1. The minimum Gasteiger partial charge on any atom is -0.497 e. The van der Waals surface area contributed by atoms with E-state index in [1.54, 1.807) is 14.2 Å². The summed E-state index contributed by atoms with van der Waals surface area (Å²) in [7, 11) is 3.26. The third-order valence-electron chi connectivity index (χ3n) is 2.82. The lowest BCUT2D eigenvalue weighted by Crippen LogP contribution is -2.29. The van der Waals surface area contributed by atoms with Crippen LogP contribution in [0.3, 0.4) is 0 Å². The minimum absolute atomic E-state index is 0.131. The second-order valence-electron chi connectivity index (χ2n) is 3.91. The van der Waals surface area contributed by atoms with Crippen LogP contribution in [0.2, 0.25) is 0 Å². The first-order chi connectivity index (χ1) is 8.12. The van der Waals surface area contributed by atoms with Crippen LogP contribution < -0.4 is 4.74 Å². The smallest absolute Gasteiger partial charge is 0.119 e. The Hall–Kier alpha value is -0.580. The van der Waals surface area contributed by atoms with Crippen molar-refractivity contribution in [3.63, 3.8) is 0 Å². The lowest BCUT2D eigenvalue weighted by Gasteiger charge is -2.20. The van der Waals surface area contributed by atoms with Gasteiger partial charge in [0.25, 0.3) is 0 Å². The van der Waals surface area contributed by atoms with E-state index in [0.29, 0.717) is 6.42 Å². The number of halogens is 1. The average molecular weight is 303 g/mol. The van der Waals surface area contributed by atoms with Crippen molar-refractivity contribution in [2.75, 3.05) is 14.2 Å². The normalized spacial score (nSPS) is 14.4. The van der Waals surface area contributed by atoms with Crippen molar-refractivity contribution in [1.82, 2.24) is 0 Å². The molecule has 1 N–H and O–H groups in total. The van der Waals surface area contributed by atoms with E-state index in [1.165, 1.54) is 0 Å². The quantitative estimate of drug-likeness (QED) is 0.878. The number of aliphatic hydroxyl groups is 1. The molecule has 2 unspecified atom stereocenters. The second kappa shape index (κ2) is 6.99. The fourth-order valence-electron chi connectivity index (χ4n) is 1.79. The number of ether oxygens (including phenoxy) is 2. The summed E-state index contributed by atoms with van der Waals surface area (Å²) in [6.45, 7) is 2.00. The number of rotatable bonds is 6. The molecule has 0 bridgehead atoms. The van der Waals surface area contributed by atoms with Gasteiger partial charge in [-0.1, -0.05) is 22.9 Å². The number of hydrogen-bond acceptors (Lipinski definition) is 3. The zero-order valence-corrected chi connectivity index (χ0v) is 12.0. The molecule has 0 aromatic heterocycles. The molecule has 0 amide bonds. The summed E-state index contributed by atoms with van der Waals surface area (Å²) in [6.07, 6.45) is 0.699. The van der Waals surface area contributed by atoms with E-state index < -0.39 is 6.10 Å². The van der Waals surface area contributed by atoms with Gasteiger partial charge >= 0.3 is 0 Å². The largest absolute Gasteiger partial charge is 0.497 e. The summed E-state index contributed by atoms with van der Waals surface area (Å²) in [5.41, 5.74) is 1.02. The van der Waals surface area contributed by atoms with E-state index in [-0.39, 0.29) is 6.10 Å². The molecule has 0 radical (unpaired) electrons. The molecule has 1 aromatic carbocycles. The highest BCUT2D eigenvalue weighted by molar-refractivity contribution is 9.10. The molecule has 0 fully saturated rings. The molecule has 0 aliphatic heterocycles. The Balaban J connectivity index is 2.79. The Morgan fingerprint density at radius 1 is 1.35 bits per heavy atom. The SMILES string of the molecule is CCC(OC)C(O)Cc1cc(OC)ccc1Br. The summed E-state index contributed by atoms with van der Waals surface area (Å²) in [5.74, 6) is 0.792. The van der Waals surface area contributed by atoms with Gasteiger partial charge in [0.1, 0.15) is 5.75 Å². The molecule has 0 saturated heterocycles. The first kappa shape index (κ1) is 14.5. The maximum absolute atomic E-state index is 10.1. The van der Waals surface area contributed by atoms with Gasteiger partial charge < -0.3 is 14.6 Å². The molecule has 1 aromatic rings. The van der Waals surface area contributed by atoms with Gasteiger partial charge in [0.15, 0.2) is 0 Å². The molecule has 96 valence electrons. The van der Waals surface area contributed by atoms with Crippen molar-refractivity contribution < 1.29 is 14.6 Å². The third-order valence-corrected chi connectivity index (χ3v) is 3.59. The topological polar surface area (TPSA) is 38.7 Å². The Morgan fingerprint density at radius 3 is 2.59 bits per heavy atom. The fourth-order valence-corrected chi connectivity index (χ4v) is 2.20. The van der Waals surface area contributed by atoms with E-state index in [0.717, 1.165) is 22.2 Å². The summed E-state index contributed by atoms with van der Waals surface area (Å²) < 4.78 is 11.4. The minimum atomic E-state index is -0.506. The van der Waals surface area contributed by atoms with Gasteiger partial charge in [-0.2, -0.15) is 0 Å². The van der Waals surface area contributed by atoms with E-state index in [4.69, 9.17) is 9.47 Å². The fraction of sp³-hybridized carbons (Fsp3) is 0.538. The van der Waals surface area contributed by atoms with Crippen LogP contribution in [0.15, 0.2) is 22.7 Å². The molecule has 0 spiro atoms. The van der Waals surface area contributed by atoms with Crippen LogP contribution >= 0.6 is 15.9 Å². The molecule has 4 heteroatoms. The van der Waals surface area contributed by atoms with Crippen LogP contribution in [0.4, 0.5) is 0 Å². The van der Waals surface area contributed by atoms with Gasteiger partial charge in [0, 0.05) is 18.0 Å². The van der Waals surface area contributed by atoms with E-state index in [2.05, 4.69) is 15.9 Å². The zero-order chi connectivity index (χ0) is 12.8. The van der Waals surface area contributed by atoms with E-state index in [9.17, 15) is 5.11 Å². The van der Waals surface area contributed by atoms with Gasteiger partial charge in [0.05, 0.1) is 19.3 Å². The highest BCUT2D eigenvalue weighted by Gasteiger charge is 2.18. The lowest BCUT2D eigenvalue weighted by atomic mass is 10.0. The predicted octanol–water partition coefficient (Wildman–Crippen LogP) is 2.79. The highest BCUT2D eigenvalue weighted by atomic mass is 79.9. The Labute approximate surface area is 111 Å². The number of aliphatic hydroxyl groups excluding tert-OH is 1. The van der Waals surface area contributed by atoms with Crippen molar-refractivity contribution in [3.05, 3.63) is 28.2 Å². The standard InChI is InChI=1S/C13H19BrO3/c1-4-13(17-3)12(15)8-9-7-10(16-2)5-6-11(9)14/h5-7,12-13,15H,4,8H2,1-3H3. The Bertz CT molecular complexity index is 351. The number of hydrogen-bond donors (Lipinski definition) is 1. The van der Waals surface area contributed by atoms with Crippen molar-refractivity contribution in [1.29, 1.82) is 0 Å². The molecular weight excluding hydrogens is 284 g/mol. The van der Waals surface area contributed by atoms with Gasteiger partial charge in [-0.25, -0.2) is 0 Å². The van der Waals surface area contributed by atoms with Crippen molar-refractivity contribution in [2.45, 2.75) is 32.0 Å². The lowest BCUT2D eigenvalue weighted by molar-refractivity contribution is -0.0129. The Morgan fingerprint density at radius 2 is 2.06 bits per heavy atom. The molecule has 3 nitrogen and oxygen atoms in total. The van der Waals surface area contributed by atoms with Crippen LogP contribution in [0, 0.1) is 0 Å². The van der Waals surface area contributed by atoms with Crippen LogP contribution in [0.1, 0.15) is 18.9 Å². The van der Waals surface area contributed by atoms with Crippen molar-refractivity contribution in [2.24, 2.45) is 0 Å². The monoisotopic (exact) mass is 302 g/mol. The number of benzene rings is 1. The first-order valence-corrected chi connectivity index (χ1v) is 6.45. The van der Waals surface area contributed by atoms with E-state index in [1.807, 2.05) is 25.1 Å². The van der Waals surface area contributed by atoms with Gasteiger partial charge in [-0.05, 0) is 30.2 Å². The number of methoxy groups -OCH3 is 2. The molecule has 0 saturated carbocycles. The van der Waals surface area contributed by atoms with Crippen LogP contribution in [0.25, 0.3) is 0 Å². The average Bonchev–Trinajstić information content (AvgIpc) is 2.33. The van der Waals surface area contributed by atoms with Crippen molar-refractivity contribution in [3.8, 4) is 5.75 Å². The first-order valence-electron chi connectivity index (χ1n) is 5.65. The summed E-state index contributed by atoms with van der Waals surface area (Å²) in [6, 6.07) is 5.73. The van der Waals surface area contributed by atoms with Crippen LogP contribution in [0.5, 0.6) is 5.75 Å². The van der Waals surface area contributed by atoms with Gasteiger partial charge in [0.2, 0.25) is 0 Å². The van der Waals surface area contributed by atoms with Gasteiger partial charge in [-0.15, -0.1) is 0 Å². The summed E-state index contributed by atoms with van der Waals surface area (Å²) in [4.78, 5) is 0. The third kappa shape index (κ3) is 3.98. The summed E-state index contributed by atoms with van der Waals surface area (Å²) in [5, 5.41) is 10.1. The van der Waals surface area contributed by atoms with Crippen LogP contribution in [-0.4, -0.2) is 31.5 Å². The molecule has 17 heavy (non-hydrogen) atoms. The summed E-state index contributed by atoms with van der Waals surface area (Å²) >= 11 is 3.47. The highest BCUT2D eigenvalue weighted by Crippen LogP contribution is 2.24. The predicted molar refractivity (Wildman–Crippen MR) is 71.5 cm³/mol. The molecule has 0 heterocycles. The molecule has 0 aliphatic rings. The molecule has 1 rings (SSSR count). The second-order valence-corrected chi connectivity index (χ2v) is 4.77. The zero-order valence-electron chi connectivity index (χ0n) is 10.4. The van der Waals surface area contributed by atoms with Crippen molar-refractivity contribution >= 4 is 15.9 Å². The Kier molecular flexibility index (Phi) is 5.95. The molecule has 2 atom stereocenters. The molecule has 0 aliphatic carbocycles. The molecular formula is C13H19BrO3. The maximum Gasteiger partial charge on any atom is 0.119 e. The van der Waals surface area contributed by atoms with E-state index >= 15 is 0 Å². The van der Waals surface area contributed by atoms with Crippen LogP contribution in [-0.2, 0) is 11.2 Å².